The first-order valence-corrected chi connectivity index (χ1v) is 18.3. The molecule has 254 valence electrons. The molecule has 0 radical (unpaired) electrons. The van der Waals surface area contributed by atoms with Gasteiger partial charge in [0.1, 0.15) is 0 Å². The van der Waals surface area contributed by atoms with Gasteiger partial charge in [0.2, 0.25) is 5.95 Å². The normalized spacial score (nSPS) is 11.6. The van der Waals surface area contributed by atoms with Crippen LogP contribution >= 0.6 is 0 Å². The highest BCUT2D eigenvalue weighted by atomic mass is 15.2. The summed E-state index contributed by atoms with van der Waals surface area (Å²) in [7, 11) is 0. The minimum absolute atomic E-state index is 0.528. The van der Waals surface area contributed by atoms with E-state index in [1.54, 1.807) is 0 Å². The zero-order valence-corrected chi connectivity index (χ0v) is 29.5. The third kappa shape index (κ3) is 4.76. The first-order valence-electron chi connectivity index (χ1n) is 18.3. The molecule has 0 bridgehead atoms. The molecule has 0 fully saturated rings. The summed E-state index contributed by atoms with van der Waals surface area (Å²) in [6, 6.07) is 61.2. The fourth-order valence-corrected chi connectivity index (χ4v) is 8.42. The molecule has 0 saturated heterocycles. The number of aromatic nitrogens is 4. The molecule has 0 N–H and O–H groups in total. The Morgan fingerprint density at radius 2 is 0.873 bits per heavy atom. The first-order chi connectivity index (χ1) is 27.2. The molecular weight excluding hydrogens is 671 g/mol. The molecule has 0 spiro atoms. The van der Waals surface area contributed by atoms with Crippen LogP contribution in [0.1, 0.15) is 0 Å². The quantitative estimate of drug-likeness (QED) is 0.133. The van der Waals surface area contributed by atoms with Gasteiger partial charge in [-0.1, -0.05) is 164 Å². The van der Waals surface area contributed by atoms with Crippen LogP contribution in [0.4, 0.5) is 5.69 Å². The predicted octanol–water partition coefficient (Wildman–Crippen LogP) is 13.1. The summed E-state index contributed by atoms with van der Waals surface area (Å²) in [5.41, 5.74) is 9.08. The molecule has 5 nitrogen and oxygen atoms in total. The van der Waals surface area contributed by atoms with Crippen LogP contribution in [0.15, 0.2) is 176 Å². The third-order valence-corrected chi connectivity index (χ3v) is 10.9. The Kier molecular flexibility index (Phi) is 6.85. The molecule has 0 atom stereocenters. The minimum Gasteiger partial charge on any atom is -0.278 e. The molecule has 55 heavy (non-hydrogen) atoms. The van der Waals surface area contributed by atoms with Crippen molar-refractivity contribution in [3.05, 3.63) is 187 Å². The van der Waals surface area contributed by atoms with Gasteiger partial charge in [0, 0.05) is 21.9 Å². The van der Waals surface area contributed by atoms with Crippen molar-refractivity contribution < 1.29 is 0 Å². The number of nitrogens with zero attached hydrogens (tertiary/aromatic N) is 5. The summed E-state index contributed by atoms with van der Waals surface area (Å²) in [6.07, 6.45) is 0. The van der Waals surface area contributed by atoms with E-state index in [2.05, 4.69) is 113 Å². The van der Waals surface area contributed by atoms with E-state index < -0.39 is 0 Å². The maximum Gasteiger partial charge on any atom is 0.238 e. The standard InChI is InChI=1S/C50H29N5/c1-51-43-28-30-45-47-42(43)26-25-41-40(39-24-23-38(36-20-10-11-21-37(36)39)35-22-12-18-31-13-8-9-19-34(31)35)27-29-44(46(41)47)55(45)50-53-48(32-14-4-2-5-15-32)52-49(54-50)33-16-6-3-7-17-33/h2-30H. The van der Waals surface area contributed by atoms with Crippen LogP contribution in [0.3, 0.4) is 0 Å². The number of hydrogen-bond acceptors (Lipinski definition) is 3. The maximum atomic E-state index is 8.07. The number of fused-ring (bicyclic) bond motifs is 2. The lowest BCUT2D eigenvalue weighted by Gasteiger charge is -2.16. The van der Waals surface area contributed by atoms with Gasteiger partial charge in [-0.15, -0.1) is 0 Å². The molecule has 11 aromatic rings. The van der Waals surface area contributed by atoms with E-state index in [0.29, 0.717) is 23.3 Å². The van der Waals surface area contributed by atoms with Crippen LogP contribution in [-0.2, 0) is 0 Å². The van der Waals surface area contributed by atoms with Gasteiger partial charge >= 0.3 is 0 Å². The molecule has 0 aliphatic carbocycles. The van der Waals surface area contributed by atoms with Gasteiger partial charge in [0.25, 0.3) is 0 Å². The van der Waals surface area contributed by atoms with Crippen LogP contribution in [-0.4, -0.2) is 19.5 Å². The van der Waals surface area contributed by atoms with Gasteiger partial charge in [-0.3, -0.25) is 4.57 Å². The van der Waals surface area contributed by atoms with Crippen molar-refractivity contribution in [2.24, 2.45) is 0 Å². The lowest BCUT2D eigenvalue weighted by Crippen LogP contribution is -2.06. The average Bonchev–Trinajstić information content (AvgIpc) is 3.61. The van der Waals surface area contributed by atoms with Gasteiger partial charge in [-0.2, -0.15) is 9.97 Å². The molecule has 9 aromatic carbocycles. The summed E-state index contributed by atoms with van der Waals surface area (Å²) in [5.74, 6) is 1.72. The van der Waals surface area contributed by atoms with Crippen molar-refractivity contribution in [2.45, 2.75) is 0 Å². The molecule has 5 heteroatoms. The van der Waals surface area contributed by atoms with Gasteiger partial charge in [0.15, 0.2) is 17.3 Å². The van der Waals surface area contributed by atoms with Crippen molar-refractivity contribution in [1.82, 2.24) is 19.5 Å². The van der Waals surface area contributed by atoms with E-state index in [4.69, 9.17) is 21.5 Å². The van der Waals surface area contributed by atoms with Crippen LogP contribution in [0, 0.1) is 6.57 Å². The molecular formula is C50H29N5. The van der Waals surface area contributed by atoms with Crippen LogP contribution in [0.2, 0.25) is 0 Å². The highest BCUT2D eigenvalue weighted by Gasteiger charge is 2.23. The Bertz CT molecular complexity index is 3260. The lowest BCUT2D eigenvalue weighted by molar-refractivity contribution is 0.954. The van der Waals surface area contributed by atoms with Crippen LogP contribution in [0.5, 0.6) is 0 Å². The molecule has 0 aliphatic heterocycles. The van der Waals surface area contributed by atoms with Crippen molar-refractivity contribution in [1.29, 1.82) is 0 Å². The lowest BCUT2D eigenvalue weighted by atomic mass is 9.88. The number of hydrogen-bond donors (Lipinski definition) is 0. The monoisotopic (exact) mass is 699 g/mol. The summed E-state index contributed by atoms with van der Waals surface area (Å²) in [4.78, 5) is 19.2. The molecule has 2 aromatic heterocycles. The second kappa shape index (κ2) is 12.2. The van der Waals surface area contributed by atoms with Crippen LogP contribution in [0.25, 0.3) is 110 Å². The summed E-state index contributed by atoms with van der Waals surface area (Å²) in [5, 5.41) is 8.99. The predicted molar refractivity (Wildman–Crippen MR) is 226 cm³/mol. The van der Waals surface area contributed by atoms with E-state index >= 15 is 0 Å². The number of rotatable bonds is 5. The minimum atomic E-state index is 0.528. The zero-order valence-electron chi connectivity index (χ0n) is 29.5. The zero-order chi connectivity index (χ0) is 36.5. The Hall–Kier alpha value is -7.68. The van der Waals surface area contributed by atoms with Crippen molar-refractivity contribution >= 4 is 59.8 Å². The Labute approximate surface area is 316 Å². The van der Waals surface area contributed by atoms with Gasteiger partial charge in [0.05, 0.1) is 17.6 Å². The molecule has 0 amide bonds. The second-order valence-corrected chi connectivity index (χ2v) is 13.8. The van der Waals surface area contributed by atoms with Gasteiger partial charge < -0.3 is 0 Å². The van der Waals surface area contributed by atoms with Crippen molar-refractivity contribution in [3.63, 3.8) is 0 Å². The van der Waals surface area contributed by atoms with Gasteiger partial charge in [-0.25, -0.2) is 9.83 Å². The fourth-order valence-electron chi connectivity index (χ4n) is 8.42. The summed E-state index contributed by atoms with van der Waals surface area (Å²) in [6.45, 7) is 8.07. The van der Waals surface area contributed by atoms with Crippen molar-refractivity contribution in [3.8, 4) is 51.0 Å². The Balaban J connectivity index is 1.19. The SMILES string of the molecule is [C-]#[N+]c1ccc2c3c1ccc1c(-c4ccc(-c5cccc6ccccc56)c5ccccc45)ccc(c13)n2-c1nc(-c2ccccc2)nc(-c2ccccc2)n1. The average molecular weight is 700 g/mol. The first kappa shape index (κ1) is 30.9. The van der Waals surface area contributed by atoms with Gasteiger partial charge in [-0.05, 0) is 66.7 Å². The highest BCUT2D eigenvalue weighted by Crippen LogP contribution is 2.47. The summed E-state index contributed by atoms with van der Waals surface area (Å²) < 4.78 is 2.14. The Morgan fingerprint density at radius 1 is 0.382 bits per heavy atom. The maximum absolute atomic E-state index is 8.07. The molecule has 2 heterocycles. The largest absolute Gasteiger partial charge is 0.278 e. The fraction of sp³-hybridized carbons (Fsp3) is 0. The number of benzene rings is 9. The molecule has 0 unspecified atom stereocenters. The topological polar surface area (TPSA) is 48.0 Å². The molecule has 0 aliphatic rings. The highest BCUT2D eigenvalue weighted by molar-refractivity contribution is 6.29. The van der Waals surface area contributed by atoms with E-state index in [1.807, 2.05) is 72.8 Å². The smallest absolute Gasteiger partial charge is 0.238 e. The molecule has 11 rings (SSSR count). The van der Waals surface area contributed by atoms with E-state index in [1.165, 1.54) is 32.7 Å². The van der Waals surface area contributed by atoms with E-state index in [9.17, 15) is 0 Å². The third-order valence-electron chi connectivity index (χ3n) is 10.9. The van der Waals surface area contributed by atoms with Crippen molar-refractivity contribution in [2.75, 3.05) is 0 Å². The van der Waals surface area contributed by atoms with E-state index in [-0.39, 0.29) is 0 Å². The molecule has 0 saturated carbocycles. The van der Waals surface area contributed by atoms with Crippen LogP contribution < -0.4 is 0 Å². The van der Waals surface area contributed by atoms with E-state index in [0.717, 1.165) is 54.8 Å². The summed E-state index contributed by atoms with van der Waals surface area (Å²) >= 11 is 0. The second-order valence-electron chi connectivity index (χ2n) is 13.8. The Morgan fingerprint density at radius 3 is 1.53 bits per heavy atom.